The van der Waals surface area contributed by atoms with Crippen molar-refractivity contribution in [1.29, 1.82) is 0 Å². The van der Waals surface area contributed by atoms with Crippen molar-refractivity contribution in [1.82, 2.24) is 0 Å². The van der Waals surface area contributed by atoms with E-state index >= 15 is 0 Å². The molecule has 0 aliphatic rings. The van der Waals surface area contributed by atoms with Gasteiger partial charge in [-0.3, -0.25) is 4.79 Å². The zero-order valence-electron chi connectivity index (χ0n) is 8.38. The fraction of sp³-hybridized carbons (Fsp3) is 0.700. The van der Waals surface area contributed by atoms with Crippen molar-refractivity contribution in [2.24, 2.45) is 11.8 Å². The van der Waals surface area contributed by atoms with Crippen LogP contribution in [0.15, 0.2) is 11.1 Å². The molecule has 0 saturated heterocycles. The molecule has 0 aromatic rings. The van der Waals surface area contributed by atoms with Gasteiger partial charge in [-0.05, 0) is 25.7 Å². The molecule has 0 spiro atoms. The molecule has 0 heterocycles. The number of aliphatic carboxylic acids is 1. The summed E-state index contributed by atoms with van der Waals surface area (Å²) in [5.74, 6) is -0.620. The Balaban J connectivity index is 4.18. The SMILES string of the molecule is CC(=CCl)CC(CC(C)C)C(=O)O. The van der Waals surface area contributed by atoms with Crippen LogP contribution < -0.4 is 0 Å². The summed E-state index contributed by atoms with van der Waals surface area (Å²) in [5.41, 5.74) is 2.38. The fourth-order valence-corrected chi connectivity index (χ4v) is 1.36. The summed E-state index contributed by atoms with van der Waals surface area (Å²) < 4.78 is 0. The van der Waals surface area contributed by atoms with Gasteiger partial charge in [0.15, 0.2) is 0 Å². The third-order valence-electron chi connectivity index (χ3n) is 1.86. The summed E-state index contributed by atoms with van der Waals surface area (Å²) in [6.07, 6.45) is 1.26. The molecule has 0 saturated carbocycles. The number of halogens is 1. The lowest BCUT2D eigenvalue weighted by Gasteiger charge is -2.14. The molecule has 0 fully saturated rings. The van der Waals surface area contributed by atoms with Gasteiger partial charge in [0.1, 0.15) is 0 Å². The van der Waals surface area contributed by atoms with Crippen molar-refractivity contribution in [2.75, 3.05) is 0 Å². The Morgan fingerprint density at radius 1 is 1.54 bits per heavy atom. The van der Waals surface area contributed by atoms with Crippen LogP contribution in [-0.2, 0) is 4.79 Å². The highest BCUT2D eigenvalue weighted by Gasteiger charge is 2.18. The Bertz CT molecular complexity index is 197. The quantitative estimate of drug-likeness (QED) is 0.747. The summed E-state index contributed by atoms with van der Waals surface area (Å²) in [6, 6.07) is 0. The van der Waals surface area contributed by atoms with E-state index in [0.29, 0.717) is 18.8 Å². The molecule has 0 aliphatic heterocycles. The highest BCUT2D eigenvalue weighted by Crippen LogP contribution is 2.20. The maximum atomic E-state index is 10.8. The molecular weight excluding hydrogens is 188 g/mol. The Labute approximate surface area is 84.6 Å². The number of rotatable bonds is 5. The molecule has 3 heteroatoms. The van der Waals surface area contributed by atoms with Gasteiger partial charge >= 0.3 is 5.97 Å². The third kappa shape index (κ3) is 5.69. The van der Waals surface area contributed by atoms with Crippen molar-refractivity contribution in [3.8, 4) is 0 Å². The van der Waals surface area contributed by atoms with Gasteiger partial charge in [-0.15, -0.1) is 0 Å². The summed E-state index contributed by atoms with van der Waals surface area (Å²) in [7, 11) is 0. The molecule has 0 radical (unpaired) electrons. The van der Waals surface area contributed by atoms with E-state index in [-0.39, 0.29) is 5.92 Å². The lowest BCUT2D eigenvalue weighted by Crippen LogP contribution is -2.16. The topological polar surface area (TPSA) is 37.3 Å². The molecular formula is C10H17ClO2. The van der Waals surface area contributed by atoms with Gasteiger partial charge in [-0.2, -0.15) is 0 Å². The lowest BCUT2D eigenvalue weighted by molar-refractivity contribution is -0.142. The van der Waals surface area contributed by atoms with Crippen LogP contribution in [0.4, 0.5) is 0 Å². The van der Waals surface area contributed by atoms with E-state index in [9.17, 15) is 4.79 Å². The average Bonchev–Trinajstić information content (AvgIpc) is 2.02. The first-order valence-electron chi connectivity index (χ1n) is 4.46. The van der Waals surface area contributed by atoms with Crippen LogP contribution >= 0.6 is 11.6 Å². The Morgan fingerprint density at radius 3 is 2.38 bits per heavy atom. The molecule has 1 N–H and O–H groups in total. The summed E-state index contributed by atoms with van der Waals surface area (Å²) in [6.45, 7) is 5.90. The van der Waals surface area contributed by atoms with Crippen molar-refractivity contribution in [3.05, 3.63) is 11.1 Å². The highest BCUT2D eigenvalue weighted by atomic mass is 35.5. The Morgan fingerprint density at radius 2 is 2.08 bits per heavy atom. The number of carboxylic acid groups (broad SMARTS) is 1. The van der Waals surface area contributed by atoms with Gasteiger partial charge < -0.3 is 5.11 Å². The van der Waals surface area contributed by atoms with E-state index in [1.165, 1.54) is 5.54 Å². The van der Waals surface area contributed by atoms with Gasteiger partial charge in [0.25, 0.3) is 0 Å². The van der Waals surface area contributed by atoms with Crippen LogP contribution in [0.25, 0.3) is 0 Å². The predicted octanol–water partition coefficient (Wildman–Crippen LogP) is 3.27. The molecule has 0 rings (SSSR count). The molecule has 13 heavy (non-hydrogen) atoms. The number of allylic oxidation sites excluding steroid dienone is 1. The van der Waals surface area contributed by atoms with Crippen LogP contribution in [0, 0.1) is 11.8 Å². The van der Waals surface area contributed by atoms with Gasteiger partial charge in [0.05, 0.1) is 5.92 Å². The molecule has 1 unspecified atom stereocenters. The molecule has 0 aromatic heterocycles. The van der Waals surface area contributed by atoms with Crippen molar-refractivity contribution in [3.63, 3.8) is 0 Å². The molecule has 0 amide bonds. The van der Waals surface area contributed by atoms with E-state index in [0.717, 1.165) is 5.57 Å². The second kappa shape index (κ2) is 6.03. The second-order valence-corrected chi connectivity index (χ2v) is 4.04. The fourth-order valence-electron chi connectivity index (χ4n) is 1.27. The van der Waals surface area contributed by atoms with E-state index in [2.05, 4.69) is 0 Å². The van der Waals surface area contributed by atoms with E-state index < -0.39 is 5.97 Å². The lowest BCUT2D eigenvalue weighted by atomic mass is 9.92. The molecule has 0 aromatic carbocycles. The van der Waals surface area contributed by atoms with Crippen molar-refractivity contribution >= 4 is 17.6 Å². The molecule has 76 valence electrons. The largest absolute Gasteiger partial charge is 0.481 e. The molecule has 1 atom stereocenters. The van der Waals surface area contributed by atoms with Crippen molar-refractivity contribution in [2.45, 2.75) is 33.6 Å². The number of hydrogen-bond donors (Lipinski definition) is 1. The maximum absolute atomic E-state index is 10.8. The number of carboxylic acids is 1. The Hall–Kier alpha value is -0.500. The molecule has 0 aliphatic carbocycles. The van der Waals surface area contributed by atoms with E-state index in [1.54, 1.807) is 0 Å². The van der Waals surface area contributed by atoms with Crippen LogP contribution in [0.2, 0.25) is 0 Å². The minimum atomic E-state index is -0.730. The first-order chi connectivity index (χ1) is 5.97. The van der Waals surface area contributed by atoms with Crippen LogP contribution in [-0.4, -0.2) is 11.1 Å². The van der Waals surface area contributed by atoms with Gasteiger partial charge in [-0.25, -0.2) is 0 Å². The van der Waals surface area contributed by atoms with E-state index in [1.807, 2.05) is 20.8 Å². The Kier molecular flexibility index (Phi) is 5.80. The smallest absolute Gasteiger partial charge is 0.306 e. The van der Waals surface area contributed by atoms with Crippen LogP contribution in [0.5, 0.6) is 0 Å². The zero-order chi connectivity index (χ0) is 10.4. The summed E-state index contributed by atoms with van der Waals surface area (Å²) in [5, 5.41) is 8.90. The normalized spacial score (nSPS) is 14.7. The summed E-state index contributed by atoms with van der Waals surface area (Å²) in [4.78, 5) is 10.8. The standard InChI is InChI=1S/C10H17ClO2/c1-7(2)4-9(10(12)13)5-8(3)6-11/h6-7,9H,4-5H2,1-3H3,(H,12,13). The second-order valence-electron chi connectivity index (χ2n) is 3.82. The average molecular weight is 205 g/mol. The predicted molar refractivity (Wildman–Crippen MR) is 54.8 cm³/mol. The highest BCUT2D eigenvalue weighted by molar-refractivity contribution is 6.25. The zero-order valence-corrected chi connectivity index (χ0v) is 9.14. The maximum Gasteiger partial charge on any atom is 0.306 e. The van der Waals surface area contributed by atoms with Gasteiger partial charge in [0, 0.05) is 5.54 Å². The minimum Gasteiger partial charge on any atom is -0.481 e. The van der Waals surface area contributed by atoms with Gasteiger partial charge in [0.2, 0.25) is 0 Å². The minimum absolute atomic E-state index is 0.296. The van der Waals surface area contributed by atoms with E-state index in [4.69, 9.17) is 16.7 Å². The summed E-state index contributed by atoms with van der Waals surface area (Å²) >= 11 is 5.48. The number of hydrogen-bond acceptors (Lipinski definition) is 1. The molecule has 2 nitrogen and oxygen atoms in total. The number of carbonyl (C=O) groups is 1. The van der Waals surface area contributed by atoms with Crippen LogP contribution in [0.1, 0.15) is 33.6 Å². The van der Waals surface area contributed by atoms with Crippen molar-refractivity contribution < 1.29 is 9.90 Å². The van der Waals surface area contributed by atoms with Crippen LogP contribution in [0.3, 0.4) is 0 Å². The van der Waals surface area contributed by atoms with Gasteiger partial charge in [-0.1, -0.05) is 31.0 Å². The first kappa shape index (κ1) is 12.5. The third-order valence-corrected chi connectivity index (χ3v) is 2.23. The molecule has 0 bridgehead atoms. The first-order valence-corrected chi connectivity index (χ1v) is 4.89. The monoisotopic (exact) mass is 204 g/mol.